The molecule has 2 atom stereocenters. The van der Waals surface area contributed by atoms with Crippen molar-refractivity contribution in [2.75, 3.05) is 0 Å². The van der Waals surface area contributed by atoms with Crippen molar-refractivity contribution in [1.82, 2.24) is 0 Å². The summed E-state index contributed by atoms with van der Waals surface area (Å²) in [6.45, 7) is 1.40. The Morgan fingerprint density at radius 2 is 2.12 bits per heavy atom. The minimum absolute atomic E-state index is 0.285. The predicted octanol–water partition coefficient (Wildman–Crippen LogP) is 3.36. The van der Waals surface area contributed by atoms with Gasteiger partial charge in [0.05, 0.1) is 15.8 Å². The fourth-order valence-electron chi connectivity index (χ4n) is 1.20. The Morgan fingerprint density at radius 1 is 1.56 bits per heavy atom. The van der Waals surface area contributed by atoms with Gasteiger partial charge < -0.3 is 9.53 Å². The van der Waals surface area contributed by atoms with Gasteiger partial charge in [-0.15, -0.1) is 24.8 Å². The number of ether oxygens (including phenoxy) is 1. The van der Waals surface area contributed by atoms with E-state index in [1.54, 1.807) is 0 Å². The van der Waals surface area contributed by atoms with Crippen LogP contribution >= 0.6 is 23.2 Å². The molecule has 0 amide bonds. The van der Waals surface area contributed by atoms with Gasteiger partial charge in [-0.05, 0) is 19.1 Å². The molecule has 1 aliphatic rings. The zero-order valence-corrected chi connectivity index (χ0v) is 9.53. The molecule has 0 bridgehead atoms. The number of aldehydes is 1. The summed E-state index contributed by atoms with van der Waals surface area (Å²) in [5.74, 6) is -1.38. The zero-order valence-electron chi connectivity index (χ0n) is 8.02. The van der Waals surface area contributed by atoms with E-state index in [9.17, 15) is 18.0 Å². The van der Waals surface area contributed by atoms with Gasteiger partial charge >= 0.3 is 6.36 Å². The van der Waals surface area contributed by atoms with E-state index in [4.69, 9.17) is 23.2 Å². The summed E-state index contributed by atoms with van der Waals surface area (Å²) in [6.07, 6.45) is -2.23. The Morgan fingerprint density at radius 3 is 2.56 bits per heavy atom. The van der Waals surface area contributed by atoms with Crippen LogP contribution in [-0.2, 0) is 9.53 Å². The van der Waals surface area contributed by atoms with E-state index in [0.29, 0.717) is 6.29 Å². The highest BCUT2D eigenvalue weighted by atomic mass is 35.5. The molecule has 0 radical (unpaired) electrons. The van der Waals surface area contributed by atoms with Gasteiger partial charge in [-0.1, -0.05) is 11.6 Å². The molecule has 0 saturated heterocycles. The van der Waals surface area contributed by atoms with Gasteiger partial charge in [-0.25, -0.2) is 0 Å². The monoisotopic (exact) mass is 274 g/mol. The third kappa shape index (κ3) is 3.15. The first-order chi connectivity index (χ1) is 7.15. The second-order valence-electron chi connectivity index (χ2n) is 3.38. The molecular formula is C9H7Cl2F3O2. The van der Waals surface area contributed by atoms with Gasteiger partial charge in [0, 0.05) is 0 Å². The molecule has 90 valence electrons. The van der Waals surface area contributed by atoms with Gasteiger partial charge in [0.15, 0.2) is 0 Å². The summed E-state index contributed by atoms with van der Waals surface area (Å²) >= 11 is 11.4. The maximum absolute atomic E-state index is 12.0. The Hall–Kier alpha value is -0.680. The number of carbonyl (C=O) groups is 1. The number of alkyl halides is 4. The van der Waals surface area contributed by atoms with Crippen LogP contribution in [0.3, 0.4) is 0 Å². The summed E-state index contributed by atoms with van der Waals surface area (Å²) in [5.41, 5.74) is 0. The highest BCUT2D eigenvalue weighted by Gasteiger charge is 2.39. The molecule has 0 aromatic rings. The second kappa shape index (κ2) is 4.30. The van der Waals surface area contributed by atoms with Crippen LogP contribution in [0.25, 0.3) is 0 Å². The number of halogens is 5. The highest BCUT2D eigenvalue weighted by Crippen LogP contribution is 2.38. The predicted molar refractivity (Wildman–Crippen MR) is 53.0 cm³/mol. The zero-order chi connectivity index (χ0) is 12.6. The van der Waals surface area contributed by atoms with Crippen LogP contribution in [0, 0.1) is 5.92 Å². The van der Waals surface area contributed by atoms with Crippen molar-refractivity contribution < 1.29 is 22.7 Å². The molecule has 2 nitrogen and oxygen atoms in total. The lowest BCUT2D eigenvalue weighted by Crippen LogP contribution is -2.30. The van der Waals surface area contributed by atoms with E-state index < -0.39 is 22.9 Å². The lowest BCUT2D eigenvalue weighted by atomic mass is 9.89. The molecule has 0 fully saturated rings. The van der Waals surface area contributed by atoms with Gasteiger partial charge in [-0.2, -0.15) is 0 Å². The Labute approximate surface area is 99.7 Å². The summed E-state index contributed by atoms with van der Waals surface area (Å²) < 4.78 is 39.6. The summed E-state index contributed by atoms with van der Waals surface area (Å²) in [7, 11) is 0. The smallest absolute Gasteiger partial charge is 0.404 e. The molecule has 7 heteroatoms. The number of hydrogen-bond acceptors (Lipinski definition) is 2. The van der Waals surface area contributed by atoms with Crippen LogP contribution in [0.5, 0.6) is 0 Å². The topological polar surface area (TPSA) is 26.3 Å². The summed E-state index contributed by atoms with van der Waals surface area (Å²) in [5, 5.41) is -0.285. The first-order valence-corrected chi connectivity index (χ1v) is 4.92. The van der Waals surface area contributed by atoms with E-state index in [2.05, 4.69) is 4.74 Å². The van der Waals surface area contributed by atoms with Gasteiger partial charge in [-0.3, -0.25) is 0 Å². The number of carbonyl (C=O) groups excluding carboxylic acids is 1. The standard InChI is InChI=1S/C9H7Cl2F3O2/c1-8(11)3-7(16-9(12,13)14)6(10)2-5(8)4-15/h2-5H,1H3. The van der Waals surface area contributed by atoms with Crippen LogP contribution in [-0.4, -0.2) is 17.5 Å². The molecule has 0 heterocycles. The van der Waals surface area contributed by atoms with Gasteiger partial charge in [0.1, 0.15) is 12.0 Å². The van der Waals surface area contributed by atoms with Gasteiger partial charge in [0.2, 0.25) is 0 Å². The summed E-state index contributed by atoms with van der Waals surface area (Å²) in [6, 6.07) is 0. The van der Waals surface area contributed by atoms with Crippen molar-refractivity contribution in [1.29, 1.82) is 0 Å². The number of allylic oxidation sites excluding steroid dienone is 3. The van der Waals surface area contributed by atoms with Crippen molar-refractivity contribution in [3.8, 4) is 0 Å². The molecule has 0 aliphatic heterocycles. The Bertz CT molecular complexity index is 358. The lowest BCUT2D eigenvalue weighted by Gasteiger charge is -2.28. The third-order valence-electron chi connectivity index (χ3n) is 2.00. The fourth-order valence-corrected chi connectivity index (χ4v) is 1.64. The van der Waals surface area contributed by atoms with E-state index >= 15 is 0 Å². The molecule has 1 rings (SSSR count). The van der Waals surface area contributed by atoms with Crippen LogP contribution in [0.15, 0.2) is 22.9 Å². The van der Waals surface area contributed by atoms with Crippen LogP contribution < -0.4 is 0 Å². The van der Waals surface area contributed by atoms with Crippen molar-refractivity contribution >= 4 is 29.5 Å². The first-order valence-electron chi connectivity index (χ1n) is 4.16. The van der Waals surface area contributed by atoms with Crippen LogP contribution in [0.2, 0.25) is 0 Å². The molecule has 0 saturated carbocycles. The third-order valence-corrected chi connectivity index (χ3v) is 2.67. The number of hydrogen-bond donors (Lipinski definition) is 0. The molecule has 0 spiro atoms. The van der Waals surface area contributed by atoms with E-state index in [1.165, 1.54) is 6.92 Å². The molecule has 1 aliphatic carbocycles. The average molecular weight is 275 g/mol. The molecule has 16 heavy (non-hydrogen) atoms. The normalized spacial score (nSPS) is 30.5. The lowest BCUT2D eigenvalue weighted by molar-refractivity contribution is -0.303. The van der Waals surface area contributed by atoms with E-state index in [1.807, 2.05) is 0 Å². The first kappa shape index (κ1) is 13.4. The Kier molecular flexibility index (Phi) is 3.59. The molecule has 2 unspecified atom stereocenters. The summed E-state index contributed by atoms with van der Waals surface area (Å²) in [4.78, 5) is 9.36. The second-order valence-corrected chi connectivity index (χ2v) is 4.61. The van der Waals surface area contributed by atoms with Crippen molar-refractivity contribution in [2.45, 2.75) is 18.2 Å². The Balaban J connectivity index is 3.00. The van der Waals surface area contributed by atoms with Crippen molar-refractivity contribution in [3.05, 3.63) is 22.9 Å². The quantitative estimate of drug-likeness (QED) is 0.570. The van der Waals surface area contributed by atoms with E-state index in [-0.39, 0.29) is 5.03 Å². The maximum Gasteiger partial charge on any atom is 0.573 e. The minimum Gasteiger partial charge on any atom is -0.404 e. The maximum atomic E-state index is 12.0. The van der Waals surface area contributed by atoms with E-state index in [0.717, 1.165) is 12.2 Å². The molecule has 0 N–H and O–H groups in total. The average Bonchev–Trinajstić information content (AvgIpc) is 2.07. The minimum atomic E-state index is -4.85. The molecule has 0 aromatic carbocycles. The van der Waals surface area contributed by atoms with Crippen molar-refractivity contribution in [2.24, 2.45) is 5.92 Å². The molecule has 0 aromatic heterocycles. The van der Waals surface area contributed by atoms with Gasteiger partial charge in [0.25, 0.3) is 0 Å². The molecular weight excluding hydrogens is 268 g/mol. The highest BCUT2D eigenvalue weighted by molar-refractivity contribution is 6.33. The SMILES string of the molecule is CC1(Cl)C=C(OC(F)(F)F)C(Cl)=CC1C=O. The van der Waals surface area contributed by atoms with Crippen LogP contribution in [0.4, 0.5) is 13.2 Å². The van der Waals surface area contributed by atoms with Crippen LogP contribution in [0.1, 0.15) is 6.92 Å². The fraction of sp³-hybridized carbons (Fsp3) is 0.444. The largest absolute Gasteiger partial charge is 0.573 e. The van der Waals surface area contributed by atoms with Crippen molar-refractivity contribution in [3.63, 3.8) is 0 Å². The number of rotatable bonds is 2.